The number of carboxylic acids is 1. The van der Waals surface area contributed by atoms with E-state index in [9.17, 15) is 14.7 Å². The van der Waals surface area contributed by atoms with Crippen LogP contribution in [0.15, 0.2) is 0 Å². The van der Waals surface area contributed by atoms with Gasteiger partial charge in [0.2, 0.25) is 0 Å². The molecule has 2 fully saturated rings. The number of urea groups is 1. The smallest absolute Gasteiger partial charge is 0.320 e. The highest BCUT2D eigenvalue weighted by Crippen LogP contribution is 2.22. The highest BCUT2D eigenvalue weighted by Gasteiger charge is 2.32. The fraction of sp³-hybridized carbons (Fsp3) is 0.857. The summed E-state index contributed by atoms with van der Waals surface area (Å²) in [5, 5.41) is 18.9. The number of hydrogen-bond acceptors (Lipinski definition) is 4. The minimum Gasteiger partial charge on any atom is -0.481 e. The van der Waals surface area contributed by atoms with Crippen molar-refractivity contribution in [3.05, 3.63) is 0 Å². The summed E-state index contributed by atoms with van der Waals surface area (Å²) in [6, 6.07) is -0.0774. The number of hydrogen-bond donors (Lipinski definition) is 2. The molecule has 0 saturated carbocycles. The van der Waals surface area contributed by atoms with Gasteiger partial charge in [-0.25, -0.2) is 4.79 Å². The van der Waals surface area contributed by atoms with Crippen molar-refractivity contribution in [3.8, 4) is 0 Å². The molecule has 2 N–H and O–H groups in total. The van der Waals surface area contributed by atoms with Gasteiger partial charge in [0.05, 0.1) is 24.7 Å². The van der Waals surface area contributed by atoms with E-state index in [0.29, 0.717) is 45.6 Å². The average Bonchev–Trinajstić information content (AvgIpc) is 2.58. The largest absolute Gasteiger partial charge is 0.481 e. The summed E-state index contributed by atoms with van der Waals surface area (Å²) in [6.45, 7) is 4.15. The molecule has 0 aromatic carbocycles. The van der Waals surface area contributed by atoms with Crippen molar-refractivity contribution in [2.75, 3.05) is 32.8 Å². The molecule has 2 atom stereocenters. The molecular formula is C14H24N2O5. The standard InChI is InChI=1S/C14H24N2O5/c1-14(20)3-2-5-15(6-4-14)13(19)16-7-8-21-11(10-16)9-12(17)18/h11,20H,2-10H2,1H3,(H,17,18). The van der Waals surface area contributed by atoms with Crippen molar-refractivity contribution in [3.63, 3.8) is 0 Å². The predicted octanol–water partition coefficient (Wildman–Crippen LogP) is 0.519. The molecule has 7 heteroatoms. The molecule has 0 bridgehead atoms. The van der Waals surface area contributed by atoms with Crippen molar-refractivity contribution in [2.24, 2.45) is 0 Å². The molecule has 2 heterocycles. The SMILES string of the molecule is CC1(O)CCCN(C(=O)N2CCOC(CC(=O)O)C2)CC1. The van der Waals surface area contributed by atoms with Gasteiger partial charge in [0.15, 0.2) is 0 Å². The van der Waals surface area contributed by atoms with Crippen LogP contribution in [0.2, 0.25) is 0 Å². The van der Waals surface area contributed by atoms with E-state index >= 15 is 0 Å². The minimum atomic E-state index is -0.917. The second kappa shape index (κ2) is 6.62. The molecule has 7 nitrogen and oxygen atoms in total. The molecule has 2 unspecified atom stereocenters. The lowest BCUT2D eigenvalue weighted by molar-refractivity contribution is -0.141. The summed E-state index contributed by atoms with van der Waals surface area (Å²) in [5.74, 6) is -0.917. The first-order valence-electron chi connectivity index (χ1n) is 7.47. The van der Waals surface area contributed by atoms with E-state index in [1.54, 1.807) is 16.7 Å². The molecule has 2 saturated heterocycles. The van der Waals surface area contributed by atoms with Gasteiger partial charge in [-0.2, -0.15) is 0 Å². The van der Waals surface area contributed by atoms with E-state index in [2.05, 4.69) is 0 Å². The van der Waals surface area contributed by atoms with Gasteiger partial charge in [0.25, 0.3) is 0 Å². The Hall–Kier alpha value is -1.34. The number of amides is 2. The molecular weight excluding hydrogens is 276 g/mol. The van der Waals surface area contributed by atoms with Crippen LogP contribution >= 0.6 is 0 Å². The molecule has 0 aromatic rings. The Morgan fingerprint density at radius 2 is 2.00 bits per heavy atom. The second-order valence-corrected chi connectivity index (χ2v) is 6.16. The number of morpholine rings is 1. The predicted molar refractivity (Wildman–Crippen MR) is 75.0 cm³/mol. The summed E-state index contributed by atoms with van der Waals surface area (Å²) < 4.78 is 5.38. The fourth-order valence-corrected chi connectivity index (χ4v) is 2.87. The third-order valence-electron chi connectivity index (χ3n) is 4.15. The maximum Gasteiger partial charge on any atom is 0.320 e. The zero-order valence-electron chi connectivity index (χ0n) is 12.5. The van der Waals surface area contributed by atoms with Crippen LogP contribution in [0.5, 0.6) is 0 Å². The highest BCUT2D eigenvalue weighted by molar-refractivity contribution is 5.75. The average molecular weight is 300 g/mol. The van der Waals surface area contributed by atoms with E-state index < -0.39 is 17.7 Å². The molecule has 2 rings (SSSR count). The topological polar surface area (TPSA) is 90.3 Å². The maximum atomic E-state index is 12.5. The molecule has 0 aromatic heterocycles. The number of aliphatic carboxylic acids is 1. The first-order valence-corrected chi connectivity index (χ1v) is 7.47. The first kappa shape index (κ1) is 16.0. The maximum absolute atomic E-state index is 12.5. The van der Waals surface area contributed by atoms with E-state index in [4.69, 9.17) is 9.84 Å². The molecule has 120 valence electrons. The Morgan fingerprint density at radius 1 is 1.24 bits per heavy atom. The molecule has 2 amide bonds. The summed E-state index contributed by atoms with van der Waals surface area (Å²) in [5.41, 5.74) is -0.702. The minimum absolute atomic E-state index is 0.0774. The molecule has 0 spiro atoms. The zero-order chi connectivity index (χ0) is 15.5. The number of aliphatic hydroxyl groups is 1. The number of carbonyl (C=O) groups excluding carboxylic acids is 1. The number of likely N-dealkylation sites (tertiary alicyclic amines) is 1. The van der Waals surface area contributed by atoms with Crippen LogP contribution < -0.4 is 0 Å². The molecule has 0 radical (unpaired) electrons. The normalized spacial score (nSPS) is 30.9. The first-order chi connectivity index (χ1) is 9.87. The monoisotopic (exact) mass is 300 g/mol. The van der Waals surface area contributed by atoms with Crippen LogP contribution in [0.25, 0.3) is 0 Å². The number of carbonyl (C=O) groups is 2. The summed E-state index contributed by atoms with van der Waals surface area (Å²) in [4.78, 5) is 26.7. The number of nitrogens with zero attached hydrogens (tertiary/aromatic N) is 2. The highest BCUT2D eigenvalue weighted by atomic mass is 16.5. The van der Waals surface area contributed by atoms with Crippen molar-refractivity contribution >= 4 is 12.0 Å². The summed E-state index contributed by atoms with van der Waals surface area (Å²) in [7, 11) is 0. The van der Waals surface area contributed by atoms with Crippen molar-refractivity contribution in [1.29, 1.82) is 0 Å². The van der Waals surface area contributed by atoms with E-state index in [0.717, 1.165) is 6.42 Å². The third kappa shape index (κ3) is 4.57. The van der Waals surface area contributed by atoms with E-state index in [-0.39, 0.29) is 12.5 Å². The lowest BCUT2D eigenvalue weighted by atomic mass is 9.98. The van der Waals surface area contributed by atoms with Gasteiger partial charge in [-0.15, -0.1) is 0 Å². The van der Waals surface area contributed by atoms with E-state index in [1.165, 1.54) is 0 Å². The Bertz CT molecular complexity index is 399. The van der Waals surface area contributed by atoms with E-state index in [1.807, 2.05) is 0 Å². The number of ether oxygens (including phenoxy) is 1. The van der Waals surface area contributed by atoms with Gasteiger partial charge in [-0.05, 0) is 26.2 Å². The van der Waals surface area contributed by atoms with Crippen molar-refractivity contribution < 1.29 is 24.5 Å². The van der Waals surface area contributed by atoms with Gasteiger partial charge in [-0.1, -0.05) is 0 Å². The van der Waals surface area contributed by atoms with Crippen LogP contribution in [-0.2, 0) is 9.53 Å². The number of carboxylic acid groups (broad SMARTS) is 1. The molecule has 21 heavy (non-hydrogen) atoms. The van der Waals surface area contributed by atoms with Gasteiger partial charge < -0.3 is 24.7 Å². The Kier molecular flexibility index (Phi) is 5.05. The fourth-order valence-electron chi connectivity index (χ4n) is 2.87. The lowest BCUT2D eigenvalue weighted by Crippen LogP contribution is -2.51. The van der Waals surface area contributed by atoms with Crippen LogP contribution in [0.1, 0.15) is 32.6 Å². The Balaban J connectivity index is 1.91. The third-order valence-corrected chi connectivity index (χ3v) is 4.15. The van der Waals surface area contributed by atoms with Crippen molar-refractivity contribution in [2.45, 2.75) is 44.3 Å². The van der Waals surface area contributed by atoms with Crippen LogP contribution in [0, 0.1) is 0 Å². The van der Waals surface area contributed by atoms with Gasteiger partial charge in [-0.3, -0.25) is 4.79 Å². The molecule has 0 aliphatic carbocycles. The van der Waals surface area contributed by atoms with Crippen molar-refractivity contribution in [1.82, 2.24) is 9.80 Å². The van der Waals surface area contributed by atoms with Crippen LogP contribution in [0.4, 0.5) is 4.79 Å². The van der Waals surface area contributed by atoms with Gasteiger partial charge >= 0.3 is 12.0 Å². The zero-order valence-corrected chi connectivity index (χ0v) is 12.5. The summed E-state index contributed by atoms with van der Waals surface area (Å²) >= 11 is 0. The second-order valence-electron chi connectivity index (χ2n) is 6.16. The molecule has 2 aliphatic heterocycles. The lowest BCUT2D eigenvalue weighted by Gasteiger charge is -2.36. The summed E-state index contributed by atoms with van der Waals surface area (Å²) in [6.07, 6.45) is 1.53. The Morgan fingerprint density at radius 3 is 2.71 bits per heavy atom. The quantitative estimate of drug-likeness (QED) is 0.776. The molecule has 2 aliphatic rings. The van der Waals surface area contributed by atoms with Crippen LogP contribution in [-0.4, -0.2) is 76.5 Å². The van der Waals surface area contributed by atoms with Gasteiger partial charge in [0.1, 0.15) is 0 Å². The van der Waals surface area contributed by atoms with Gasteiger partial charge in [0, 0.05) is 26.2 Å². The number of rotatable bonds is 2. The Labute approximate surface area is 124 Å². The van der Waals surface area contributed by atoms with Crippen LogP contribution in [0.3, 0.4) is 0 Å².